The number of hydrogen-bond acceptors (Lipinski definition) is 5. The van der Waals surface area contributed by atoms with Gasteiger partial charge in [0, 0.05) is 18.9 Å². The number of carbonyl (C=O) groups excluding carboxylic acids is 2. The van der Waals surface area contributed by atoms with Gasteiger partial charge in [-0.15, -0.1) is 0 Å². The molecule has 0 spiro atoms. The van der Waals surface area contributed by atoms with Crippen LogP contribution in [0.5, 0.6) is 0 Å². The number of unbranched alkanes of at least 4 members (excludes halogenated alkanes) is 4. The van der Waals surface area contributed by atoms with Gasteiger partial charge in [-0.3, -0.25) is 4.79 Å². The third-order valence-corrected chi connectivity index (χ3v) is 4.98. The topological polar surface area (TPSA) is 83.8 Å². The quantitative estimate of drug-likeness (QED) is 0.373. The van der Waals surface area contributed by atoms with Gasteiger partial charge in [0.2, 0.25) is 0 Å². The van der Waals surface area contributed by atoms with Gasteiger partial charge in [-0.2, -0.15) is 0 Å². The van der Waals surface area contributed by atoms with Crippen LogP contribution in [-0.2, 0) is 9.53 Å². The average molecular weight is 374 g/mol. The van der Waals surface area contributed by atoms with Gasteiger partial charge in [-0.05, 0) is 43.9 Å². The Bertz CT molecular complexity index is 652. The highest BCUT2D eigenvalue weighted by atomic mass is 16.5. The minimum absolute atomic E-state index is 0.00102. The van der Waals surface area contributed by atoms with E-state index in [1.807, 2.05) is 18.2 Å². The van der Waals surface area contributed by atoms with Crippen LogP contribution in [-0.4, -0.2) is 41.3 Å². The van der Waals surface area contributed by atoms with Crippen molar-refractivity contribution < 1.29 is 24.5 Å². The first-order valence-electron chi connectivity index (χ1n) is 9.83. The summed E-state index contributed by atoms with van der Waals surface area (Å²) in [6.45, 7) is 2.29. The summed E-state index contributed by atoms with van der Waals surface area (Å²) in [7, 11) is 0. The van der Waals surface area contributed by atoms with Crippen molar-refractivity contribution in [3.63, 3.8) is 0 Å². The molecular weight excluding hydrogens is 344 g/mol. The molecule has 148 valence electrons. The van der Waals surface area contributed by atoms with E-state index in [9.17, 15) is 14.7 Å². The molecule has 0 unspecified atom stereocenters. The Balaban J connectivity index is 2.06. The second kappa shape index (κ2) is 11.0. The standard InChI is InChI=1S/C22H30O5/c1-2-27-22(26)17-11-9-10-16(14-17)21-18(19(24)15-20(21)25)12-7-5-3-4-6-8-13-23/h7,9-12,14,18-19,21,23-24H,2-6,8,13,15H2,1H3/b12-7+/t18-,19-,21-/m0/s1. The van der Waals surface area contributed by atoms with Gasteiger partial charge in [-0.1, -0.05) is 37.1 Å². The maximum atomic E-state index is 12.5. The molecule has 1 aliphatic rings. The summed E-state index contributed by atoms with van der Waals surface area (Å²) >= 11 is 0. The van der Waals surface area contributed by atoms with Crippen LogP contribution in [0.4, 0.5) is 0 Å². The predicted molar refractivity (Wildman–Crippen MR) is 104 cm³/mol. The number of aliphatic hydroxyl groups excluding tert-OH is 2. The summed E-state index contributed by atoms with van der Waals surface area (Å²) in [5.41, 5.74) is 1.18. The minimum Gasteiger partial charge on any atom is -0.462 e. The lowest BCUT2D eigenvalue weighted by atomic mass is 9.86. The van der Waals surface area contributed by atoms with Crippen molar-refractivity contribution in [3.05, 3.63) is 47.5 Å². The van der Waals surface area contributed by atoms with E-state index in [0.29, 0.717) is 12.2 Å². The van der Waals surface area contributed by atoms with E-state index in [0.717, 1.165) is 37.7 Å². The number of esters is 1. The van der Waals surface area contributed by atoms with Crippen LogP contribution < -0.4 is 0 Å². The molecule has 0 aromatic heterocycles. The number of ether oxygens (including phenoxy) is 1. The third kappa shape index (κ3) is 6.01. The average Bonchev–Trinajstić information content (AvgIpc) is 2.94. The number of allylic oxidation sites excluding steroid dienone is 1. The smallest absolute Gasteiger partial charge is 0.338 e. The molecule has 2 rings (SSSR count). The number of aliphatic hydroxyl groups is 2. The van der Waals surface area contributed by atoms with Crippen molar-refractivity contribution in [3.8, 4) is 0 Å². The highest BCUT2D eigenvalue weighted by Crippen LogP contribution is 2.38. The highest BCUT2D eigenvalue weighted by Gasteiger charge is 2.41. The molecule has 1 fully saturated rings. The number of hydrogen-bond donors (Lipinski definition) is 2. The lowest BCUT2D eigenvalue weighted by Gasteiger charge is -2.18. The van der Waals surface area contributed by atoms with Crippen LogP contribution in [0.2, 0.25) is 0 Å². The second-order valence-electron chi connectivity index (χ2n) is 6.99. The zero-order chi connectivity index (χ0) is 19.6. The summed E-state index contributed by atoms with van der Waals surface area (Å²) in [5.74, 6) is -1.10. The number of Topliss-reactive ketones (excluding diaryl/α,β-unsaturated/α-hetero) is 1. The first-order valence-corrected chi connectivity index (χ1v) is 9.83. The fourth-order valence-electron chi connectivity index (χ4n) is 3.61. The Kier molecular flexibility index (Phi) is 8.69. The molecule has 0 aliphatic heterocycles. The van der Waals surface area contributed by atoms with Crippen molar-refractivity contribution in [1.82, 2.24) is 0 Å². The molecule has 27 heavy (non-hydrogen) atoms. The van der Waals surface area contributed by atoms with Crippen LogP contribution in [0.15, 0.2) is 36.4 Å². The molecule has 5 heteroatoms. The van der Waals surface area contributed by atoms with E-state index < -0.39 is 18.0 Å². The van der Waals surface area contributed by atoms with Gasteiger partial charge >= 0.3 is 5.97 Å². The molecule has 5 nitrogen and oxygen atoms in total. The molecule has 0 heterocycles. The van der Waals surface area contributed by atoms with E-state index in [1.54, 1.807) is 25.1 Å². The summed E-state index contributed by atoms with van der Waals surface area (Å²) < 4.78 is 5.04. The normalized spacial score (nSPS) is 22.5. The summed E-state index contributed by atoms with van der Waals surface area (Å²) in [6.07, 6.45) is 8.24. The number of rotatable bonds is 10. The van der Waals surface area contributed by atoms with Crippen LogP contribution >= 0.6 is 0 Å². The lowest BCUT2D eigenvalue weighted by molar-refractivity contribution is -0.119. The maximum absolute atomic E-state index is 12.5. The monoisotopic (exact) mass is 374 g/mol. The van der Waals surface area contributed by atoms with E-state index in [-0.39, 0.29) is 24.7 Å². The first kappa shape index (κ1) is 21.3. The SMILES string of the molecule is CCOC(=O)c1cccc([C@@H]2C(=O)C[C@H](O)[C@@H]2/C=C/CCCCCCO)c1. The molecule has 0 saturated heterocycles. The Labute approximate surface area is 161 Å². The van der Waals surface area contributed by atoms with Gasteiger partial charge in [0.05, 0.1) is 24.2 Å². The van der Waals surface area contributed by atoms with Gasteiger partial charge in [0.15, 0.2) is 0 Å². The molecule has 1 aromatic carbocycles. The Morgan fingerprint density at radius 2 is 2.04 bits per heavy atom. The number of carbonyl (C=O) groups is 2. The first-order chi connectivity index (χ1) is 13.1. The largest absolute Gasteiger partial charge is 0.462 e. The van der Waals surface area contributed by atoms with Crippen LogP contribution in [0.25, 0.3) is 0 Å². The zero-order valence-corrected chi connectivity index (χ0v) is 16.0. The maximum Gasteiger partial charge on any atom is 0.338 e. The fraction of sp³-hybridized carbons (Fsp3) is 0.545. The van der Waals surface area contributed by atoms with E-state index >= 15 is 0 Å². The third-order valence-electron chi connectivity index (χ3n) is 4.98. The van der Waals surface area contributed by atoms with E-state index in [2.05, 4.69) is 0 Å². The fourth-order valence-corrected chi connectivity index (χ4v) is 3.61. The van der Waals surface area contributed by atoms with Crippen LogP contribution in [0.3, 0.4) is 0 Å². The highest BCUT2D eigenvalue weighted by molar-refractivity contribution is 5.92. The van der Waals surface area contributed by atoms with Crippen LogP contribution in [0, 0.1) is 5.92 Å². The zero-order valence-electron chi connectivity index (χ0n) is 16.0. The van der Waals surface area contributed by atoms with E-state index in [4.69, 9.17) is 9.84 Å². The number of ketones is 1. The van der Waals surface area contributed by atoms with Gasteiger partial charge in [-0.25, -0.2) is 4.79 Å². The molecule has 0 radical (unpaired) electrons. The van der Waals surface area contributed by atoms with Gasteiger partial charge in [0.25, 0.3) is 0 Å². The molecule has 1 saturated carbocycles. The number of benzene rings is 1. The van der Waals surface area contributed by atoms with Gasteiger partial charge < -0.3 is 14.9 Å². The van der Waals surface area contributed by atoms with Crippen molar-refractivity contribution in [2.24, 2.45) is 5.92 Å². The summed E-state index contributed by atoms with van der Waals surface area (Å²) in [5, 5.41) is 19.1. The Hall–Kier alpha value is -1.98. The molecule has 1 aromatic rings. The molecule has 2 N–H and O–H groups in total. The van der Waals surface area contributed by atoms with Crippen molar-refractivity contribution in [2.45, 2.75) is 57.5 Å². The molecule has 1 aliphatic carbocycles. The van der Waals surface area contributed by atoms with Crippen molar-refractivity contribution >= 4 is 11.8 Å². The van der Waals surface area contributed by atoms with E-state index in [1.165, 1.54) is 0 Å². The van der Waals surface area contributed by atoms with Crippen LogP contribution in [0.1, 0.15) is 67.3 Å². The molecular formula is C22H30O5. The lowest BCUT2D eigenvalue weighted by Crippen LogP contribution is -2.17. The van der Waals surface area contributed by atoms with Crippen molar-refractivity contribution in [2.75, 3.05) is 13.2 Å². The predicted octanol–water partition coefficient (Wildman–Crippen LogP) is 3.40. The Morgan fingerprint density at radius 3 is 2.78 bits per heavy atom. The molecule has 0 amide bonds. The van der Waals surface area contributed by atoms with Gasteiger partial charge in [0.1, 0.15) is 5.78 Å². The second-order valence-corrected chi connectivity index (χ2v) is 6.99. The molecule has 3 atom stereocenters. The Morgan fingerprint density at radius 1 is 1.26 bits per heavy atom. The summed E-state index contributed by atoms with van der Waals surface area (Å²) in [4.78, 5) is 24.4. The minimum atomic E-state index is -0.695. The summed E-state index contributed by atoms with van der Waals surface area (Å²) in [6, 6.07) is 6.96. The molecule has 0 bridgehead atoms. The van der Waals surface area contributed by atoms with Crippen molar-refractivity contribution in [1.29, 1.82) is 0 Å².